The smallest absolute Gasteiger partial charge is 0.0166 e. The van der Waals surface area contributed by atoms with Crippen LogP contribution in [-0.2, 0) is 0 Å². The topological polar surface area (TPSA) is 0 Å². The van der Waals surface area contributed by atoms with Crippen molar-refractivity contribution in [2.75, 3.05) is 0 Å². The summed E-state index contributed by atoms with van der Waals surface area (Å²) in [7, 11) is 0. The molecule has 0 aromatic carbocycles. The largest absolute Gasteiger partial charge is 0.0897 e. The Balaban J connectivity index is 2.82. The average molecular weight is 224 g/mol. The van der Waals surface area contributed by atoms with E-state index in [9.17, 15) is 0 Å². The highest BCUT2D eigenvalue weighted by Crippen LogP contribution is 2.12. The Hall–Kier alpha value is 0.470. The van der Waals surface area contributed by atoms with Crippen LogP contribution in [0.15, 0.2) is 10.2 Å². The molecule has 0 aliphatic carbocycles. The molecule has 0 fully saturated rings. The lowest BCUT2D eigenvalue weighted by molar-refractivity contribution is 0.728. The molecule has 0 rings (SSSR count). The lowest BCUT2D eigenvalue weighted by Crippen LogP contribution is -1.72. The molecule has 1 heteroatoms. The van der Waals surface area contributed by atoms with E-state index in [1.165, 1.54) is 29.3 Å². The summed E-state index contributed by atoms with van der Waals surface area (Å²) in [5, 5.41) is 0. The molecule has 0 unspecified atom stereocenters. The normalized spacial score (nSPS) is 9.25. The highest BCUT2D eigenvalue weighted by molar-refractivity contribution is 14.1. The molecule has 0 saturated carbocycles. The molecular formula is C7H13I. The zero-order valence-corrected chi connectivity index (χ0v) is 7.57. The first-order valence-electron chi connectivity index (χ1n) is 3.10. The molecule has 0 N–H and O–H groups in total. The molecule has 48 valence electrons. The lowest BCUT2D eigenvalue weighted by Gasteiger charge is -1.93. The molecule has 0 radical (unpaired) electrons. The third-order valence-electron chi connectivity index (χ3n) is 1.05. The van der Waals surface area contributed by atoms with Crippen LogP contribution in [0.1, 0.15) is 32.6 Å². The van der Waals surface area contributed by atoms with E-state index in [4.69, 9.17) is 0 Å². The van der Waals surface area contributed by atoms with Gasteiger partial charge in [0.2, 0.25) is 0 Å². The van der Waals surface area contributed by atoms with Crippen LogP contribution in [0.4, 0.5) is 0 Å². The molecule has 0 aliphatic rings. The number of hydrogen-bond donors (Lipinski definition) is 0. The monoisotopic (exact) mass is 224 g/mol. The maximum absolute atomic E-state index is 3.81. The third kappa shape index (κ3) is 6.47. The lowest BCUT2D eigenvalue weighted by atomic mass is 10.2. The molecule has 0 aliphatic heterocycles. The minimum atomic E-state index is 1.20. The molecule has 0 heterocycles. The summed E-state index contributed by atoms with van der Waals surface area (Å²) in [5.74, 6) is 0. The predicted molar refractivity (Wildman–Crippen MR) is 47.3 cm³/mol. The molecular weight excluding hydrogens is 211 g/mol. The summed E-state index contributed by atoms with van der Waals surface area (Å²) in [5.41, 5.74) is 0. The van der Waals surface area contributed by atoms with Gasteiger partial charge in [-0.15, -0.1) is 0 Å². The Morgan fingerprint density at radius 2 is 2.12 bits per heavy atom. The number of unbranched alkanes of at least 4 members (excludes halogenated alkanes) is 2. The van der Waals surface area contributed by atoms with Crippen molar-refractivity contribution < 1.29 is 0 Å². The van der Waals surface area contributed by atoms with Gasteiger partial charge in [0, 0.05) is 0 Å². The Bertz CT molecular complexity index is 66.8. The Morgan fingerprint density at radius 1 is 1.50 bits per heavy atom. The molecule has 0 spiro atoms. The summed E-state index contributed by atoms with van der Waals surface area (Å²) in [6.45, 7) is 6.03. The van der Waals surface area contributed by atoms with Crippen molar-refractivity contribution in [2.24, 2.45) is 0 Å². The molecule has 0 saturated heterocycles. The summed E-state index contributed by atoms with van der Waals surface area (Å²) in [4.78, 5) is 0. The quantitative estimate of drug-likeness (QED) is 0.506. The van der Waals surface area contributed by atoms with E-state index >= 15 is 0 Å². The first-order valence-corrected chi connectivity index (χ1v) is 4.18. The maximum atomic E-state index is 3.81. The van der Waals surface area contributed by atoms with Crippen LogP contribution < -0.4 is 0 Å². The third-order valence-corrected chi connectivity index (χ3v) is 1.59. The first kappa shape index (κ1) is 8.47. The highest BCUT2D eigenvalue weighted by Gasteiger charge is 1.85. The van der Waals surface area contributed by atoms with Crippen molar-refractivity contribution in [1.29, 1.82) is 0 Å². The van der Waals surface area contributed by atoms with E-state index in [1.807, 2.05) is 0 Å². The fourth-order valence-corrected chi connectivity index (χ4v) is 0.948. The second kappa shape index (κ2) is 5.60. The van der Waals surface area contributed by atoms with Crippen LogP contribution >= 0.6 is 22.6 Å². The summed E-state index contributed by atoms with van der Waals surface area (Å²) >= 11 is 2.29. The minimum absolute atomic E-state index is 1.20. The first-order chi connectivity index (χ1) is 3.77. The standard InChI is InChI=1S/C7H13I/c1-3-4-5-6-7(2)8/h2-6H2,1H3. The van der Waals surface area contributed by atoms with E-state index in [2.05, 4.69) is 36.1 Å². The number of rotatable bonds is 4. The van der Waals surface area contributed by atoms with E-state index in [1.54, 1.807) is 0 Å². The van der Waals surface area contributed by atoms with Crippen LogP contribution in [0.5, 0.6) is 0 Å². The predicted octanol–water partition coefficient (Wildman–Crippen LogP) is 3.52. The average Bonchev–Trinajstić information content (AvgIpc) is 1.66. The number of halogens is 1. The molecule has 0 aromatic heterocycles. The Morgan fingerprint density at radius 3 is 2.50 bits per heavy atom. The van der Waals surface area contributed by atoms with Crippen molar-refractivity contribution in [3.63, 3.8) is 0 Å². The molecule has 0 amide bonds. The van der Waals surface area contributed by atoms with Crippen molar-refractivity contribution in [2.45, 2.75) is 32.6 Å². The van der Waals surface area contributed by atoms with Crippen LogP contribution in [0.2, 0.25) is 0 Å². The summed E-state index contributed by atoms with van der Waals surface area (Å²) in [6, 6.07) is 0. The SMILES string of the molecule is C=C(I)CCCCC. The van der Waals surface area contributed by atoms with Crippen LogP contribution in [0.3, 0.4) is 0 Å². The van der Waals surface area contributed by atoms with Gasteiger partial charge in [0.05, 0.1) is 0 Å². The zero-order chi connectivity index (χ0) is 6.41. The van der Waals surface area contributed by atoms with Crippen molar-refractivity contribution in [3.8, 4) is 0 Å². The van der Waals surface area contributed by atoms with E-state index in [0.29, 0.717) is 0 Å². The summed E-state index contributed by atoms with van der Waals surface area (Å²) < 4.78 is 1.29. The minimum Gasteiger partial charge on any atom is -0.0897 e. The van der Waals surface area contributed by atoms with Gasteiger partial charge in [0.1, 0.15) is 0 Å². The molecule has 0 nitrogen and oxygen atoms in total. The van der Waals surface area contributed by atoms with Crippen molar-refractivity contribution >= 4 is 22.6 Å². The number of allylic oxidation sites excluding steroid dienone is 1. The second-order valence-corrected chi connectivity index (χ2v) is 3.50. The van der Waals surface area contributed by atoms with E-state index in [0.717, 1.165) is 0 Å². The molecule has 0 bridgehead atoms. The molecule has 8 heavy (non-hydrogen) atoms. The van der Waals surface area contributed by atoms with Gasteiger partial charge in [-0.05, 0) is 39.0 Å². The zero-order valence-electron chi connectivity index (χ0n) is 5.41. The van der Waals surface area contributed by atoms with Gasteiger partial charge in [-0.1, -0.05) is 26.3 Å². The van der Waals surface area contributed by atoms with Gasteiger partial charge in [0.25, 0.3) is 0 Å². The number of hydrogen-bond acceptors (Lipinski definition) is 0. The molecule has 0 aromatic rings. The van der Waals surface area contributed by atoms with Gasteiger partial charge in [0.15, 0.2) is 0 Å². The van der Waals surface area contributed by atoms with Gasteiger partial charge in [-0.2, -0.15) is 0 Å². The fraction of sp³-hybridized carbons (Fsp3) is 0.714. The second-order valence-electron chi connectivity index (χ2n) is 1.97. The Kier molecular flexibility index (Phi) is 5.93. The maximum Gasteiger partial charge on any atom is -0.0166 e. The van der Waals surface area contributed by atoms with Crippen molar-refractivity contribution in [1.82, 2.24) is 0 Å². The van der Waals surface area contributed by atoms with Crippen LogP contribution in [0.25, 0.3) is 0 Å². The van der Waals surface area contributed by atoms with Gasteiger partial charge >= 0.3 is 0 Å². The Labute approximate surface area is 65.5 Å². The highest BCUT2D eigenvalue weighted by atomic mass is 127. The van der Waals surface area contributed by atoms with E-state index < -0.39 is 0 Å². The van der Waals surface area contributed by atoms with Crippen molar-refractivity contribution in [3.05, 3.63) is 10.2 Å². The van der Waals surface area contributed by atoms with E-state index in [-0.39, 0.29) is 0 Å². The van der Waals surface area contributed by atoms with Crippen LogP contribution in [0, 0.1) is 0 Å². The fourth-order valence-electron chi connectivity index (χ4n) is 0.567. The van der Waals surface area contributed by atoms with Gasteiger partial charge in [-0.25, -0.2) is 0 Å². The van der Waals surface area contributed by atoms with Gasteiger partial charge in [-0.3, -0.25) is 0 Å². The molecule has 0 atom stereocenters. The summed E-state index contributed by atoms with van der Waals surface area (Å²) in [6.07, 6.45) is 5.18. The van der Waals surface area contributed by atoms with Gasteiger partial charge < -0.3 is 0 Å². The van der Waals surface area contributed by atoms with Crippen LogP contribution in [-0.4, -0.2) is 0 Å².